The van der Waals surface area contributed by atoms with E-state index in [0.717, 1.165) is 24.2 Å². The molecule has 0 spiro atoms. The summed E-state index contributed by atoms with van der Waals surface area (Å²) in [4.78, 5) is 0. The van der Waals surface area contributed by atoms with Gasteiger partial charge >= 0.3 is 0 Å². The predicted octanol–water partition coefficient (Wildman–Crippen LogP) is 4.58. The lowest BCUT2D eigenvalue weighted by molar-refractivity contribution is -0.144. The Morgan fingerprint density at radius 1 is 1.14 bits per heavy atom. The molecular formula is C23H28O5. The van der Waals surface area contributed by atoms with Crippen LogP contribution in [0.1, 0.15) is 38.0 Å². The lowest BCUT2D eigenvalue weighted by Gasteiger charge is -2.22. The first-order valence-electron chi connectivity index (χ1n) is 9.92. The molecule has 150 valence electrons. The molecule has 2 aliphatic heterocycles. The fourth-order valence-electron chi connectivity index (χ4n) is 3.76. The summed E-state index contributed by atoms with van der Waals surface area (Å²) in [5.74, 6) is 0.297. The Morgan fingerprint density at radius 2 is 2.00 bits per heavy atom. The standard InChI is InChI=1S/C23H28O5/c1-23(2)26-16-20(28-23)14-22-21(25-15-17-7-4-3-5-8-17)13-19(27-22)11-10-18-9-6-12-24-18/h3-12,19-22H,13-16H2,1-2H3/b11-10+/t19?,20?,21-,22-/m1/s1. The van der Waals surface area contributed by atoms with Crippen molar-refractivity contribution in [1.82, 2.24) is 0 Å². The van der Waals surface area contributed by atoms with E-state index in [9.17, 15) is 0 Å². The minimum absolute atomic E-state index is 0.00814. The second kappa shape index (κ2) is 8.62. The predicted molar refractivity (Wildman–Crippen MR) is 106 cm³/mol. The lowest BCUT2D eigenvalue weighted by Crippen LogP contribution is -2.30. The molecule has 0 amide bonds. The first kappa shape index (κ1) is 19.4. The van der Waals surface area contributed by atoms with Crippen molar-refractivity contribution in [3.8, 4) is 0 Å². The van der Waals surface area contributed by atoms with Crippen LogP contribution < -0.4 is 0 Å². The van der Waals surface area contributed by atoms with Gasteiger partial charge in [0.15, 0.2) is 5.79 Å². The molecule has 1 aromatic carbocycles. The van der Waals surface area contributed by atoms with Crippen LogP contribution >= 0.6 is 0 Å². The number of furan rings is 1. The average Bonchev–Trinajstić information content (AvgIpc) is 3.40. The van der Waals surface area contributed by atoms with Gasteiger partial charge in [-0.25, -0.2) is 0 Å². The van der Waals surface area contributed by atoms with Crippen molar-refractivity contribution in [2.45, 2.75) is 63.5 Å². The summed E-state index contributed by atoms with van der Waals surface area (Å²) in [6.07, 6.45) is 7.24. The third kappa shape index (κ3) is 5.11. The topological polar surface area (TPSA) is 50.1 Å². The summed E-state index contributed by atoms with van der Waals surface area (Å²) in [5.41, 5.74) is 1.16. The Hall–Kier alpha value is -1.92. The molecule has 2 aliphatic rings. The van der Waals surface area contributed by atoms with Crippen LogP contribution in [0.3, 0.4) is 0 Å². The van der Waals surface area contributed by atoms with Gasteiger partial charge in [-0.05, 0) is 37.6 Å². The molecule has 0 radical (unpaired) electrons. The third-order valence-corrected chi connectivity index (χ3v) is 5.12. The van der Waals surface area contributed by atoms with Crippen molar-refractivity contribution < 1.29 is 23.4 Å². The van der Waals surface area contributed by atoms with Gasteiger partial charge in [-0.1, -0.05) is 36.4 Å². The molecule has 5 nitrogen and oxygen atoms in total. The summed E-state index contributed by atoms with van der Waals surface area (Å²) in [7, 11) is 0. The van der Waals surface area contributed by atoms with Gasteiger partial charge in [-0.2, -0.15) is 0 Å². The van der Waals surface area contributed by atoms with Crippen LogP contribution in [0.2, 0.25) is 0 Å². The van der Waals surface area contributed by atoms with E-state index in [1.165, 1.54) is 0 Å². The van der Waals surface area contributed by atoms with Gasteiger partial charge in [0, 0.05) is 12.8 Å². The van der Waals surface area contributed by atoms with Crippen molar-refractivity contribution in [3.05, 3.63) is 66.1 Å². The molecular weight excluding hydrogens is 356 g/mol. The van der Waals surface area contributed by atoms with Crippen molar-refractivity contribution in [2.24, 2.45) is 0 Å². The van der Waals surface area contributed by atoms with E-state index in [0.29, 0.717) is 13.2 Å². The van der Waals surface area contributed by atoms with Gasteiger partial charge in [0.25, 0.3) is 0 Å². The highest BCUT2D eigenvalue weighted by atomic mass is 16.7. The molecule has 0 N–H and O–H groups in total. The summed E-state index contributed by atoms with van der Waals surface area (Å²) < 4.78 is 29.6. The first-order chi connectivity index (χ1) is 13.6. The summed E-state index contributed by atoms with van der Waals surface area (Å²) >= 11 is 0. The van der Waals surface area contributed by atoms with Crippen LogP contribution in [0.25, 0.3) is 6.08 Å². The van der Waals surface area contributed by atoms with Crippen molar-refractivity contribution in [1.29, 1.82) is 0 Å². The van der Waals surface area contributed by atoms with Gasteiger partial charge in [0.2, 0.25) is 0 Å². The Morgan fingerprint density at radius 3 is 2.71 bits per heavy atom. The molecule has 1 aromatic heterocycles. The van der Waals surface area contributed by atoms with Crippen molar-refractivity contribution in [3.63, 3.8) is 0 Å². The zero-order valence-electron chi connectivity index (χ0n) is 16.5. The minimum Gasteiger partial charge on any atom is -0.465 e. The molecule has 3 heterocycles. The summed E-state index contributed by atoms with van der Waals surface area (Å²) in [6, 6.07) is 14.0. The van der Waals surface area contributed by atoms with Gasteiger partial charge in [0.05, 0.1) is 43.9 Å². The second-order valence-corrected chi connectivity index (χ2v) is 7.84. The molecule has 4 rings (SSSR count). The number of hydrogen-bond acceptors (Lipinski definition) is 5. The van der Waals surface area contributed by atoms with E-state index >= 15 is 0 Å². The number of rotatable bonds is 7. The zero-order chi connectivity index (χ0) is 19.4. The van der Waals surface area contributed by atoms with Crippen LogP contribution in [0.4, 0.5) is 0 Å². The quantitative estimate of drug-likeness (QED) is 0.699. The molecule has 5 heteroatoms. The zero-order valence-corrected chi connectivity index (χ0v) is 16.5. The normalized spacial score (nSPS) is 29.6. The molecule has 2 fully saturated rings. The van der Waals surface area contributed by atoms with E-state index < -0.39 is 5.79 Å². The summed E-state index contributed by atoms with van der Waals surface area (Å²) in [5, 5.41) is 0. The molecule has 28 heavy (non-hydrogen) atoms. The largest absolute Gasteiger partial charge is 0.465 e. The summed E-state index contributed by atoms with van der Waals surface area (Å²) in [6.45, 7) is 5.06. The maximum Gasteiger partial charge on any atom is 0.163 e. The van der Waals surface area contributed by atoms with Gasteiger partial charge in [-0.3, -0.25) is 0 Å². The Bertz CT molecular complexity index is 753. The van der Waals surface area contributed by atoms with E-state index in [4.69, 9.17) is 23.4 Å². The number of benzene rings is 1. The fraction of sp³-hybridized carbons (Fsp3) is 0.478. The maximum absolute atomic E-state index is 6.30. The second-order valence-electron chi connectivity index (χ2n) is 7.84. The van der Waals surface area contributed by atoms with E-state index in [1.54, 1.807) is 6.26 Å². The van der Waals surface area contributed by atoms with Crippen LogP contribution in [0.15, 0.2) is 59.2 Å². The van der Waals surface area contributed by atoms with Gasteiger partial charge < -0.3 is 23.4 Å². The molecule has 0 bridgehead atoms. The number of ether oxygens (including phenoxy) is 4. The first-order valence-corrected chi connectivity index (χ1v) is 9.92. The highest BCUT2D eigenvalue weighted by Gasteiger charge is 2.40. The Kier molecular flexibility index (Phi) is 5.97. The highest BCUT2D eigenvalue weighted by Crippen LogP contribution is 2.32. The lowest BCUT2D eigenvalue weighted by atomic mass is 10.0. The monoisotopic (exact) mass is 384 g/mol. The molecule has 0 saturated carbocycles. The SMILES string of the molecule is CC1(C)OCC(C[C@H]2OC(/C=C/c3ccco3)C[C@H]2OCc2ccccc2)O1. The molecule has 2 saturated heterocycles. The van der Waals surface area contributed by atoms with Gasteiger partial charge in [-0.15, -0.1) is 0 Å². The molecule has 2 unspecified atom stereocenters. The van der Waals surface area contributed by atoms with Gasteiger partial charge in [0.1, 0.15) is 5.76 Å². The smallest absolute Gasteiger partial charge is 0.163 e. The van der Waals surface area contributed by atoms with E-state index in [-0.39, 0.29) is 24.4 Å². The molecule has 4 atom stereocenters. The molecule has 0 aliphatic carbocycles. The van der Waals surface area contributed by atoms with E-state index in [2.05, 4.69) is 12.1 Å². The van der Waals surface area contributed by atoms with Crippen LogP contribution in [-0.4, -0.2) is 36.8 Å². The Labute approximate surface area is 166 Å². The molecule has 2 aromatic rings. The fourth-order valence-corrected chi connectivity index (χ4v) is 3.76. The average molecular weight is 384 g/mol. The maximum atomic E-state index is 6.30. The Balaban J connectivity index is 1.39. The number of hydrogen-bond donors (Lipinski definition) is 0. The highest BCUT2D eigenvalue weighted by molar-refractivity contribution is 5.43. The van der Waals surface area contributed by atoms with Crippen LogP contribution in [0.5, 0.6) is 0 Å². The van der Waals surface area contributed by atoms with E-state index in [1.807, 2.05) is 56.3 Å². The van der Waals surface area contributed by atoms with Crippen LogP contribution in [0, 0.1) is 0 Å². The van der Waals surface area contributed by atoms with Crippen molar-refractivity contribution >= 4 is 6.08 Å². The van der Waals surface area contributed by atoms with Crippen LogP contribution in [-0.2, 0) is 25.6 Å². The third-order valence-electron chi connectivity index (χ3n) is 5.12. The van der Waals surface area contributed by atoms with Crippen molar-refractivity contribution in [2.75, 3.05) is 6.61 Å². The minimum atomic E-state index is -0.526.